The fourth-order valence-corrected chi connectivity index (χ4v) is 3.90. The van der Waals surface area contributed by atoms with Gasteiger partial charge in [-0.25, -0.2) is 0 Å². The molecule has 2 N–H and O–H groups in total. The van der Waals surface area contributed by atoms with E-state index in [0.29, 0.717) is 19.5 Å². The molecule has 0 atom stereocenters. The molecule has 160 valence electrons. The van der Waals surface area contributed by atoms with Gasteiger partial charge in [0.25, 0.3) is 5.91 Å². The zero-order valence-corrected chi connectivity index (χ0v) is 17.0. The van der Waals surface area contributed by atoms with Crippen LogP contribution in [-0.4, -0.2) is 23.4 Å². The molecular weight excluding hydrogens is 427 g/mol. The first-order chi connectivity index (χ1) is 14.9. The number of benzene rings is 2. The van der Waals surface area contributed by atoms with E-state index in [-0.39, 0.29) is 17.1 Å². The summed E-state index contributed by atoms with van der Waals surface area (Å²) in [5, 5.41) is 7.01. The molecule has 31 heavy (non-hydrogen) atoms. The summed E-state index contributed by atoms with van der Waals surface area (Å²) in [6.07, 6.45) is -3.87. The van der Waals surface area contributed by atoms with Crippen molar-refractivity contribution in [2.75, 3.05) is 18.4 Å². The Balaban J connectivity index is 1.31. The van der Waals surface area contributed by atoms with E-state index >= 15 is 0 Å². The minimum atomic E-state index is -4.51. The largest absolute Gasteiger partial charge is 0.451 e. The van der Waals surface area contributed by atoms with Gasteiger partial charge in [0.15, 0.2) is 5.76 Å². The maximum atomic E-state index is 13.2. The SMILES string of the molecule is O=C(NCCCNc1nsc2ccccc12)c1ccc(-c2ccccc2C(F)(F)F)o1. The maximum absolute atomic E-state index is 13.2. The Morgan fingerprint density at radius 1 is 1.00 bits per heavy atom. The van der Waals surface area contributed by atoms with Crippen LogP contribution in [0.4, 0.5) is 19.0 Å². The first-order valence-electron chi connectivity index (χ1n) is 9.56. The highest BCUT2D eigenvalue weighted by Gasteiger charge is 2.34. The number of fused-ring (bicyclic) bond motifs is 1. The Labute approximate surface area is 180 Å². The van der Waals surface area contributed by atoms with E-state index < -0.39 is 17.6 Å². The number of rotatable bonds is 7. The molecular formula is C22H18F3N3O2S. The average molecular weight is 445 g/mol. The molecule has 9 heteroatoms. The van der Waals surface area contributed by atoms with Crippen molar-refractivity contribution in [3.8, 4) is 11.3 Å². The summed E-state index contributed by atoms with van der Waals surface area (Å²) < 4.78 is 50.5. The van der Waals surface area contributed by atoms with E-state index in [1.165, 1.54) is 41.9 Å². The molecule has 4 rings (SSSR count). The Bertz CT molecular complexity index is 1200. The van der Waals surface area contributed by atoms with Gasteiger partial charge in [-0.2, -0.15) is 17.5 Å². The third-order valence-corrected chi connectivity index (χ3v) is 5.46. The number of nitrogens with zero attached hydrogens (tertiary/aromatic N) is 1. The molecule has 0 bridgehead atoms. The van der Waals surface area contributed by atoms with E-state index in [2.05, 4.69) is 15.0 Å². The Kier molecular flexibility index (Phi) is 5.94. The molecule has 0 aliphatic heterocycles. The minimum Gasteiger partial charge on any atom is -0.451 e. The number of aromatic nitrogens is 1. The molecule has 2 aromatic carbocycles. The van der Waals surface area contributed by atoms with Crippen LogP contribution in [0.3, 0.4) is 0 Å². The summed E-state index contributed by atoms with van der Waals surface area (Å²) in [5.74, 6) is 0.293. The average Bonchev–Trinajstić information content (AvgIpc) is 3.41. The van der Waals surface area contributed by atoms with Gasteiger partial charge < -0.3 is 15.1 Å². The summed E-state index contributed by atoms with van der Waals surface area (Å²) in [7, 11) is 0. The van der Waals surface area contributed by atoms with E-state index in [1.807, 2.05) is 24.3 Å². The van der Waals surface area contributed by atoms with Crippen LogP contribution in [-0.2, 0) is 6.18 Å². The molecule has 0 unspecified atom stereocenters. The predicted molar refractivity (Wildman–Crippen MR) is 114 cm³/mol. The molecule has 1 amide bonds. The second-order valence-corrected chi connectivity index (χ2v) is 7.58. The lowest BCUT2D eigenvalue weighted by Crippen LogP contribution is -2.25. The van der Waals surface area contributed by atoms with Gasteiger partial charge in [-0.15, -0.1) is 0 Å². The first-order valence-corrected chi connectivity index (χ1v) is 10.3. The van der Waals surface area contributed by atoms with Crippen LogP contribution < -0.4 is 10.6 Å². The van der Waals surface area contributed by atoms with Crippen molar-refractivity contribution in [1.29, 1.82) is 0 Å². The number of amides is 1. The highest BCUT2D eigenvalue weighted by atomic mass is 32.1. The lowest BCUT2D eigenvalue weighted by molar-refractivity contribution is -0.137. The quantitative estimate of drug-likeness (QED) is 0.353. The van der Waals surface area contributed by atoms with Gasteiger partial charge in [0.05, 0.1) is 10.3 Å². The number of carbonyl (C=O) groups excluding carboxylic acids is 1. The van der Waals surface area contributed by atoms with E-state index in [4.69, 9.17) is 4.42 Å². The first kappa shape index (κ1) is 20.9. The monoisotopic (exact) mass is 445 g/mol. The molecule has 4 aromatic rings. The smallest absolute Gasteiger partial charge is 0.417 e. The lowest BCUT2D eigenvalue weighted by atomic mass is 10.1. The minimum absolute atomic E-state index is 0.00449. The third kappa shape index (κ3) is 4.72. The van der Waals surface area contributed by atoms with Crippen molar-refractivity contribution in [2.24, 2.45) is 0 Å². The second kappa shape index (κ2) is 8.81. The van der Waals surface area contributed by atoms with Gasteiger partial charge in [-0.05, 0) is 48.3 Å². The van der Waals surface area contributed by atoms with Gasteiger partial charge in [0.2, 0.25) is 0 Å². The fourth-order valence-electron chi connectivity index (χ4n) is 3.15. The molecule has 0 saturated carbocycles. The maximum Gasteiger partial charge on any atom is 0.417 e. The molecule has 5 nitrogen and oxygen atoms in total. The Hall–Kier alpha value is -3.33. The van der Waals surface area contributed by atoms with Gasteiger partial charge in [0.1, 0.15) is 11.6 Å². The van der Waals surface area contributed by atoms with E-state index in [0.717, 1.165) is 22.0 Å². The summed E-state index contributed by atoms with van der Waals surface area (Å²) >= 11 is 1.42. The highest BCUT2D eigenvalue weighted by molar-refractivity contribution is 7.13. The van der Waals surface area contributed by atoms with Crippen LogP contribution in [0, 0.1) is 0 Å². The number of carbonyl (C=O) groups is 1. The van der Waals surface area contributed by atoms with Crippen LogP contribution in [0.25, 0.3) is 21.4 Å². The van der Waals surface area contributed by atoms with Crippen molar-refractivity contribution in [1.82, 2.24) is 9.69 Å². The van der Waals surface area contributed by atoms with Crippen LogP contribution in [0.1, 0.15) is 22.5 Å². The van der Waals surface area contributed by atoms with Crippen molar-refractivity contribution in [3.63, 3.8) is 0 Å². The number of hydrogen-bond donors (Lipinski definition) is 2. The van der Waals surface area contributed by atoms with E-state index in [9.17, 15) is 18.0 Å². The molecule has 2 heterocycles. The molecule has 2 aromatic heterocycles. The third-order valence-electron chi connectivity index (χ3n) is 4.64. The van der Waals surface area contributed by atoms with Crippen LogP contribution >= 0.6 is 11.5 Å². The topological polar surface area (TPSA) is 67.2 Å². The zero-order valence-electron chi connectivity index (χ0n) is 16.2. The highest BCUT2D eigenvalue weighted by Crippen LogP contribution is 2.37. The molecule has 0 aliphatic carbocycles. The zero-order chi connectivity index (χ0) is 21.8. The summed E-state index contributed by atoms with van der Waals surface area (Å²) in [4.78, 5) is 12.3. The number of hydrogen-bond acceptors (Lipinski definition) is 5. The second-order valence-electron chi connectivity index (χ2n) is 6.77. The van der Waals surface area contributed by atoms with Gasteiger partial charge >= 0.3 is 6.18 Å². The van der Waals surface area contributed by atoms with Crippen molar-refractivity contribution in [3.05, 3.63) is 72.0 Å². The number of halogens is 3. The van der Waals surface area contributed by atoms with Crippen molar-refractivity contribution in [2.45, 2.75) is 12.6 Å². The number of alkyl halides is 3. The lowest BCUT2D eigenvalue weighted by Gasteiger charge is -2.10. The van der Waals surface area contributed by atoms with Crippen LogP contribution in [0.15, 0.2) is 65.1 Å². The van der Waals surface area contributed by atoms with Crippen LogP contribution in [0.5, 0.6) is 0 Å². The number of nitrogens with one attached hydrogen (secondary N) is 2. The predicted octanol–water partition coefficient (Wildman–Crippen LogP) is 5.81. The Morgan fingerprint density at radius 2 is 1.77 bits per heavy atom. The van der Waals surface area contributed by atoms with E-state index in [1.54, 1.807) is 0 Å². The molecule has 0 fully saturated rings. The standard InChI is InChI=1S/C22H18F3N3O2S/c23-22(24,25)16-8-3-1-6-14(16)17-10-11-18(30-17)21(29)27-13-5-12-26-20-15-7-2-4-9-19(15)31-28-20/h1-4,6-11H,5,12-13H2,(H,26,28)(H,27,29). The summed E-state index contributed by atoms with van der Waals surface area (Å²) in [6.45, 7) is 0.986. The van der Waals surface area contributed by atoms with Crippen molar-refractivity contribution < 1.29 is 22.4 Å². The number of furan rings is 1. The summed E-state index contributed by atoms with van der Waals surface area (Å²) in [5.41, 5.74) is -0.911. The summed E-state index contributed by atoms with van der Waals surface area (Å²) in [6, 6.07) is 15.8. The number of anilines is 1. The molecule has 0 radical (unpaired) electrons. The molecule has 0 saturated heterocycles. The van der Waals surface area contributed by atoms with Crippen LogP contribution in [0.2, 0.25) is 0 Å². The van der Waals surface area contributed by atoms with Crippen molar-refractivity contribution >= 4 is 33.3 Å². The Morgan fingerprint density at radius 3 is 2.61 bits per heavy atom. The fraction of sp³-hybridized carbons (Fsp3) is 0.182. The van der Waals surface area contributed by atoms with Gasteiger partial charge in [0, 0.05) is 24.0 Å². The van der Waals surface area contributed by atoms with Gasteiger partial charge in [-0.3, -0.25) is 4.79 Å². The normalized spacial score (nSPS) is 11.6. The van der Waals surface area contributed by atoms with Gasteiger partial charge in [-0.1, -0.05) is 30.3 Å². The molecule has 0 spiro atoms. The molecule has 0 aliphatic rings.